The molecule has 0 atom stereocenters. The first-order chi connectivity index (χ1) is 8.92. The fraction of sp³-hybridized carbons (Fsp3) is 0.471. The van der Waals surface area contributed by atoms with E-state index in [-0.39, 0.29) is 11.6 Å². The van der Waals surface area contributed by atoms with E-state index >= 15 is 0 Å². The smallest absolute Gasteiger partial charge is 0.155 e. The molecule has 0 unspecified atom stereocenters. The first-order valence-electron chi connectivity index (χ1n) is 6.83. The number of allylic oxidation sites excluding steroid dienone is 2. The third-order valence-electron chi connectivity index (χ3n) is 2.86. The summed E-state index contributed by atoms with van der Waals surface area (Å²) in [6.07, 6.45) is 3.87. The van der Waals surface area contributed by atoms with Gasteiger partial charge in [-0.3, -0.25) is 4.79 Å². The lowest BCUT2D eigenvalue weighted by Gasteiger charge is -2.02. The second kappa shape index (κ2) is 9.48. The van der Waals surface area contributed by atoms with Gasteiger partial charge in [-0.2, -0.15) is 0 Å². The van der Waals surface area contributed by atoms with Crippen LogP contribution in [-0.2, 0) is 4.79 Å². The van der Waals surface area contributed by atoms with Gasteiger partial charge in [0.15, 0.2) is 5.78 Å². The lowest BCUT2D eigenvalue weighted by molar-refractivity contribution is -0.113. The zero-order valence-corrected chi connectivity index (χ0v) is 12.7. The van der Waals surface area contributed by atoms with E-state index < -0.39 is 0 Å². The number of carbonyl (C=O) groups excluding carboxylic acids is 1. The summed E-state index contributed by atoms with van der Waals surface area (Å²) >= 11 is 0. The quantitative estimate of drug-likeness (QED) is 0.677. The zero-order valence-electron chi connectivity index (χ0n) is 12.7. The molecule has 2 heteroatoms. The van der Waals surface area contributed by atoms with Gasteiger partial charge in [0.1, 0.15) is 5.82 Å². The van der Waals surface area contributed by atoms with Crippen LogP contribution in [0, 0.1) is 5.82 Å². The lowest BCUT2D eigenvalue weighted by atomic mass is 10.0. The van der Waals surface area contributed by atoms with Gasteiger partial charge in [0.05, 0.1) is 0 Å². The number of hydrogen-bond donors (Lipinski definition) is 0. The van der Waals surface area contributed by atoms with Crippen molar-refractivity contribution >= 4 is 5.78 Å². The Morgan fingerprint density at radius 1 is 1.26 bits per heavy atom. The average molecular weight is 264 g/mol. The summed E-state index contributed by atoms with van der Waals surface area (Å²) in [5.74, 6) is 0.532. The van der Waals surface area contributed by atoms with Crippen LogP contribution in [0.2, 0.25) is 0 Å². The van der Waals surface area contributed by atoms with Crippen molar-refractivity contribution in [3.05, 3.63) is 47.3 Å². The fourth-order valence-electron chi connectivity index (χ4n) is 1.64. The van der Waals surface area contributed by atoms with Crippen LogP contribution in [0.3, 0.4) is 0 Å². The minimum Gasteiger partial charge on any atom is -0.295 e. The molecule has 0 N–H and O–H groups in total. The molecule has 0 spiro atoms. The number of rotatable bonds is 4. The van der Waals surface area contributed by atoms with Crippen LogP contribution in [0.15, 0.2) is 35.9 Å². The third-order valence-corrected chi connectivity index (χ3v) is 2.86. The molecule has 0 aliphatic carbocycles. The maximum atomic E-state index is 12.4. The van der Waals surface area contributed by atoms with Crippen molar-refractivity contribution in [2.45, 2.75) is 53.4 Å². The number of benzene rings is 1. The van der Waals surface area contributed by atoms with Gasteiger partial charge in [0.25, 0.3) is 0 Å². The van der Waals surface area contributed by atoms with Crippen LogP contribution >= 0.6 is 0 Å². The van der Waals surface area contributed by atoms with Crippen LogP contribution in [0.5, 0.6) is 0 Å². The second-order valence-electron chi connectivity index (χ2n) is 4.83. The Hall–Kier alpha value is -1.44. The minimum atomic E-state index is -0.163. The van der Waals surface area contributed by atoms with Gasteiger partial charge in [-0.15, -0.1) is 0 Å². The molecule has 0 saturated carbocycles. The number of carbonyl (C=O) groups is 1. The van der Waals surface area contributed by atoms with Gasteiger partial charge < -0.3 is 0 Å². The highest BCUT2D eigenvalue weighted by Gasteiger charge is 1.98. The Morgan fingerprint density at radius 2 is 1.79 bits per heavy atom. The topological polar surface area (TPSA) is 17.1 Å². The lowest BCUT2D eigenvalue weighted by Crippen LogP contribution is -1.94. The van der Waals surface area contributed by atoms with Crippen molar-refractivity contribution in [1.29, 1.82) is 0 Å². The van der Waals surface area contributed by atoms with E-state index in [1.54, 1.807) is 6.92 Å². The number of halogens is 1. The summed E-state index contributed by atoms with van der Waals surface area (Å²) in [7, 11) is 0. The molecule has 0 aromatic heterocycles. The van der Waals surface area contributed by atoms with Crippen LogP contribution < -0.4 is 0 Å². The predicted molar refractivity (Wildman–Crippen MR) is 79.8 cm³/mol. The van der Waals surface area contributed by atoms with Gasteiger partial charge >= 0.3 is 0 Å². The molecule has 1 aromatic carbocycles. The molecule has 0 heterocycles. The van der Waals surface area contributed by atoms with Crippen LogP contribution in [0.25, 0.3) is 0 Å². The summed E-state index contributed by atoms with van der Waals surface area (Å²) in [5, 5.41) is 0. The summed E-state index contributed by atoms with van der Waals surface area (Å²) in [6, 6.07) is 6.63. The number of ketones is 1. The normalized spacial score (nSPS) is 11.0. The Balaban J connectivity index is 0.000000344. The van der Waals surface area contributed by atoms with Crippen molar-refractivity contribution in [1.82, 2.24) is 0 Å². The Morgan fingerprint density at radius 3 is 2.05 bits per heavy atom. The monoisotopic (exact) mass is 264 g/mol. The molecular weight excluding hydrogens is 239 g/mol. The van der Waals surface area contributed by atoms with E-state index in [0.29, 0.717) is 5.92 Å². The molecule has 0 amide bonds. The number of Topliss-reactive ketones (excluding diaryl/α,β-unsaturated/α-hetero) is 1. The van der Waals surface area contributed by atoms with Crippen LogP contribution in [0.1, 0.15) is 58.9 Å². The van der Waals surface area contributed by atoms with Crippen LogP contribution in [0.4, 0.5) is 4.39 Å². The highest BCUT2D eigenvalue weighted by molar-refractivity contribution is 5.93. The predicted octanol–water partition coefficient (Wildman–Crippen LogP) is 5.27. The summed E-state index contributed by atoms with van der Waals surface area (Å²) in [4.78, 5) is 10.7. The Labute approximate surface area is 116 Å². The summed E-state index contributed by atoms with van der Waals surface area (Å²) < 4.78 is 12.4. The molecule has 0 bridgehead atoms. The van der Waals surface area contributed by atoms with E-state index in [4.69, 9.17) is 0 Å². The van der Waals surface area contributed by atoms with Crippen molar-refractivity contribution in [3.8, 4) is 0 Å². The summed E-state index contributed by atoms with van der Waals surface area (Å²) in [5.41, 5.74) is 2.14. The Bertz CT molecular complexity index is 402. The molecule has 1 nitrogen and oxygen atoms in total. The minimum absolute atomic E-state index is 0.163. The van der Waals surface area contributed by atoms with E-state index in [2.05, 4.69) is 20.8 Å². The number of hydrogen-bond acceptors (Lipinski definition) is 1. The molecular formula is C17H25FO. The summed E-state index contributed by atoms with van der Waals surface area (Å²) in [6.45, 7) is 9.78. The van der Waals surface area contributed by atoms with E-state index in [1.165, 1.54) is 17.7 Å². The SMILES string of the molecule is C/C=C(\CCC)C(C)=O.CC(C)c1ccc(F)cc1. The molecule has 106 valence electrons. The maximum absolute atomic E-state index is 12.4. The molecule has 0 fully saturated rings. The van der Waals surface area contributed by atoms with E-state index in [9.17, 15) is 9.18 Å². The fourth-order valence-corrected chi connectivity index (χ4v) is 1.64. The molecule has 19 heavy (non-hydrogen) atoms. The molecule has 0 radical (unpaired) electrons. The van der Waals surface area contributed by atoms with Crippen molar-refractivity contribution < 1.29 is 9.18 Å². The van der Waals surface area contributed by atoms with Gasteiger partial charge in [-0.25, -0.2) is 4.39 Å². The van der Waals surface area contributed by atoms with Gasteiger partial charge in [-0.05, 0) is 49.5 Å². The standard InChI is InChI=1S/C9H11F.C8H14O/c1-7(2)8-3-5-9(10)6-4-8;1-4-6-8(5-2)7(3)9/h3-7H,1-2H3;5H,4,6H2,1-3H3/b;8-5+. The largest absolute Gasteiger partial charge is 0.295 e. The van der Waals surface area contributed by atoms with Crippen molar-refractivity contribution in [2.24, 2.45) is 0 Å². The average Bonchev–Trinajstić information content (AvgIpc) is 2.36. The van der Waals surface area contributed by atoms with Gasteiger partial charge in [0, 0.05) is 0 Å². The van der Waals surface area contributed by atoms with Crippen molar-refractivity contribution in [3.63, 3.8) is 0 Å². The maximum Gasteiger partial charge on any atom is 0.155 e. The molecule has 0 aliphatic heterocycles. The molecule has 0 saturated heterocycles. The molecule has 1 aromatic rings. The van der Waals surface area contributed by atoms with E-state index in [0.717, 1.165) is 18.4 Å². The molecule has 1 rings (SSSR count). The highest BCUT2D eigenvalue weighted by Crippen LogP contribution is 2.13. The second-order valence-corrected chi connectivity index (χ2v) is 4.83. The van der Waals surface area contributed by atoms with E-state index in [1.807, 2.05) is 25.1 Å². The highest BCUT2D eigenvalue weighted by atomic mass is 19.1. The van der Waals surface area contributed by atoms with Gasteiger partial charge in [-0.1, -0.05) is 45.4 Å². The third kappa shape index (κ3) is 7.55. The first kappa shape index (κ1) is 17.6. The first-order valence-corrected chi connectivity index (χ1v) is 6.83. The van der Waals surface area contributed by atoms with Gasteiger partial charge in [0.2, 0.25) is 0 Å². The zero-order chi connectivity index (χ0) is 14.8. The van der Waals surface area contributed by atoms with Crippen molar-refractivity contribution in [2.75, 3.05) is 0 Å². The Kier molecular flexibility index (Phi) is 8.77. The molecule has 0 aliphatic rings. The van der Waals surface area contributed by atoms with Crippen LogP contribution in [-0.4, -0.2) is 5.78 Å².